The second-order valence-electron chi connectivity index (χ2n) is 8.94. The quantitative estimate of drug-likeness (QED) is 0.598. The second kappa shape index (κ2) is 9.57. The Labute approximate surface area is 194 Å². The first-order valence-electron chi connectivity index (χ1n) is 11.5. The molecular formula is C25H31N5OS. The van der Waals surface area contributed by atoms with Gasteiger partial charge in [-0.25, -0.2) is 0 Å². The molecule has 4 heterocycles. The van der Waals surface area contributed by atoms with Crippen LogP contribution in [0.25, 0.3) is 10.6 Å². The highest BCUT2D eigenvalue weighted by atomic mass is 32.1. The minimum Gasteiger partial charge on any atom is -0.336 e. The van der Waals surface area contributed by atoms with Crippen molar-refractivity contribution in [1.29, 1.82) is 0 Å². The molecule has 2 aliphatic rings. The molecule has 168 valence electrons. The van der Waals surface area contributed by atoms with Crippen LogP contribution in [0.2, 0.25) is 0 Å². The maximum absolute atomic E-state index is 13.6. The van der Waals surface area contributed by atoms with E-state index in [1.54, 1.807) is 11.3 Å². The first kappa shape index (κ1) is 21.4. The minimum atomic E-state index is 0.105. The molecule has 0 bridgehead atoms. The molecule has 7 heteroatoms. The van der Waals surface area contributed by atoms with Gasteiger partial charge in [0.05, 0.1) is 17.0 Å². The largest absolute Gasteiger partial charge is 0.336 e. The second-order valence-corrected chi connectivity index (χ2v) is 9.89. The number of benzene rings is 1. The molecule has 0 aliphatic carbocycles. The lowest BCUT2D eigenvalue weighted by molar-refractivity contribution is 0.0452. The third-order valence-electron chi connectivity index (χ3n) is 6.65. The van der Waals surface area contributed by atoms with Crippen molar-refractivity contribution in [1.82, 2.24) is 24.5 Å². The molecule has 6 nitrogen and oxygen atoms in total. The van der Waals surface area contributed by atoms with Crippen molar-refractivity contribution in [3.63, 3.8) is 0 Å². The summed E-state index contributed by atoms with van der Waals surface area (Å²) in [6, 6.07) is 15.0. The predicted molar refractivity (Wildman–Crippen MR) is 129 cm³/mol. The standard InChI is InChI=1S/C25H31N5OS/c1-27-11-5-9-21(18-27)28-12-14-29(15-13-28)25(31)22-19-30(17-20-7-3-2-4-8-20)26-24(22)23-10-6-16-32-23/h2-4,6-8,10,16,19,21H,5,9,11-15,17-18H2,1H3. The van der Waals surface area contributed by atoms with E-state index in [-0.39, 0.29) is 5.91 Å². The van der Waals surface area contributed by atoms with Crippen molar-refractivity contribution < 1.29 is 4.79 Å². The summed E-state index contributed by atoms with van der Waals surface area (Å²) in [7, 11) is 2.21. The Morgan fingerprint density at radius 2 is 1.88 bits per heavy atom. The Kier molecular flexibility index (Phi) is 6.39. The first-order valence-corrected chi connectivity index (χ1v) is 12.4. The van der Waals surface area contributed by atoms with Crippen LogP contribution in [0.3, 0.4) is 0 Å². The number of piperidine rings is 1. The zero-order valence-corrected chi connectivity index (χ0v) is 19.5. The van der Waals surface area contributed by atoms with Crippen molar-refractivity contribution in [3.8, 4) is 10.6 Å². The van der Waals surface area contributed by atoms with Gasteiger partial charge in [-0.3, -0.25) is 14.4 Å². The Morgan fingerprint density at radius 1 is 1.06 bits per heavy atom. The van der Waals surface area contributed by atoms with Gasteiger partial charge < -0.3 is 9.80 Å². The predicted octanol–water partition coefficient (Wildman–Crippen LogP) is 3.51. The van der Waals surface area contributed by atoms with Gasteiger partial charge in [0.1, 0.15) is 5.69 Å². The number of carbonyl (C=O) groups is 1. The van der Waals surface area contributed by atoms with Crippen molar-refractivity contribution in [2.75, 3.05) is 46.3 Å². The maximum Gasteiger partial charge on any atom is 0.257 e. The molecule has 1 amide bonds. The highest BCUT2D eigenvalue weighted by Crippen LogP contribution is 2.28. The highest BCUT2D eigenvalue weighted by Gasteiger charge is 2.30. The molecule has 0 saturated carbocycles. The SMILES string of the molecule is CN1CCCC(N2CCN(C(=O)c3cn(Cc4ccccc4)nc3-c3cccs3)CC2)C1. The Hall–Kier alpha value is -2.48. The van der Waals surface area contributed by atoms with Gasteiger partial charge in [0.25, 0.3) is 5.91 Å². The molecule has 2 aromatic heterocycles. The summed E-state index contributed by atoms with van der Waals surface area (Å²) in [6.07, 6.45) is 4.48. The van der Waals surface area contributed by atoms with E-state index in [2.05, 4.69) is 29.0 Å². The number of carbonyl (C=O) groups excluding carboxylic acids is 1. The normalized spacial score (nSPS) is 20.5. The van der Waals surface area contributed by atoms with Gasteiger partial charge in [-0.2, -0.15) is 5.10 Å². The van der Waals surface area contributed by atoms with Crippen LogP contribution in [-0.2, 0) is 6.54 Å². The zero-order chi connectivity index (χ0) is 21.9. The number of amides is 1. The number of likely N-dealkylation sites (N-methyl/N-ethyl adjacent to an activating group) is 1. The monoisotopic (exact) mass is 449 g/mol. The van der Waals surface area contributed by atoms with Gasteiger partial charge in [0.15, 0.2) is 0 Å². The van der Waals surface area contributed by atoms with E-state index in [0.29, 0.717) is 18.2 Å². The molecule has 1 aromatic carbocycles. The summed E-state index contributed by atoms with van der Waals surface area (Å²) >= 11 is 1.63. The summed E-state index contributed by atoms with van der Waals surface area (Å²) in [5.74, 6) is 0.105. The Bertz CT molecular complexity index is 1020. The van der Waals surface area contributed by atoms with E-state index < -0.39 is 0 Å². The molecule has 1 unspecified atom stereocenters. The third kappa shape index (κ3) is 4.65. The smallest absolute Gasteiger partial charge is 0.257 e. The van der Waals surface area contributed by atoms with E-state index in [1.165, 1.54) is 24.9 Å². The van der Waals surface area contributed by atoms with Crippen LogP contribution < -0.4 is 0 Å². The van der Waals surface area contributed by atoms with Gasteiger partial charge in [-0.05, 0) is 43.4 Å². The number of hydrogen-bond donors (Lipinski definition) is 0. The molecule has 3 aromatic rings. The number of rotatable bonds is 5. The van der Waals surface area contributed by atoms with E-state index in [9.17, 15) is 4.79 Å². The lowest BCUT2D eigenvalue weighted by Crippen LogP contribution is -2.55. The van der Waals surface area contributed by atoms with Crippen LogP contribution in [0, 0.1) is 0 Å². The summed E-state index contributed by atoms with van der Waals surface area (Å²) in [4.78, 5) is 21.6. The average molecular weight is 450 g/mol. The number of thiophene rings is 1. The maximum atomic E-state index is 13.6. The van der Waals surface area contributed by atoms with Gasteiger partial charge in [-0.1, -0.05) is 36.4 Å². The summed E-state index contributed by atoms with van der Waals surface area (Å²) < 4.78 is 1.91. The van der Waals surface area contributed by atoms with E-state index in [0.717, 1.165) is 43.3 Å². The molecule has 0 radical (unpaired) electrons. The van der Waals surface area contributed by atoms with E-state index in [4.69, 9.17) is 5.10 Å². The van der Waals surface area contributed by atoms with Gasteiger partial charge >= 0.3 is 0 Å². The van der Waals surface area contributed by atoms with Crippen molar-refractivity contribution in [2.24, 2.45) is 0 Å². The van der Waals surface area contributed by atoms with Gasteiger partial charge in [0.2, 0.25) is 0 Å². The highest BCUT2D eigenvalue weighted by molar-refractivity contribution is 7.13. The lowest BCUT2D eigenvalue weighted by atomic mass is 10.0. The van der Waals surface area contributed by atoms with Crippen LogP contribution in [-0.4, -0.2) is 82.7 Å². The van der Waals surface area contributed by atoms with Gasteiger partial charge in [-0.15, -0.1) is 11.3 Å². The van der Waals surface area contributed by atoms with E-state index in [1.807, 2.05) is 51.5 Å². The fraction of sp³-hybridized carbons (Fsp3) is 0.440. The van der Waals surface area contributed by atoms with E-state index >= 15 is 0 Å². The molecule has 2 saturated heterocycles. The fourth-order valence-corrected chi connectivity index (χ4v) is 5.65. The van der Waals surface area contributed by atoms with Crippen molar-refractivity contribution in [2.45, 2.75) is 25.4 Å². The summed E-state index contributed by atoms with van der Waals surface area (Å²) in [5, 5.41) is 6.87. The molecule has 2 aliphatic heterocycles. The molecular weight excluding hydrogens is 418 g/mol. The summed E-state index contributed by atoms with van der Waals surface area (Å²) in [5.41, 5.74) is 2.70. The van der Waals surface area contributed by atoms with Crippen molar-refractivity contribution in [3.05, 3.63) is 65.2 Å². The molecule has 0 N–H and O–H groups in total. The van der Waals surface area contributed by atoms with Crippen LogP contribution in [0.1, 0.15) is 28.8 Å². The molecule has 32 heavy (non-hydrogen) atoms. The topological polar surface area (TPSA) is 44.6 Å². The van der Waals surface area contributed by atoms with Crippen molar-refractivity contribution >= 4 is 17.2 Å². The Morgan fingerprint density at radius 3 is 2.59 bits per heavy atom. The molecule has 5 rings (SSSR count). The van der Waals surface area contributed by atoms with Crippen LogP contribution >= 0.6 is 11.3 Å². The van der Waals surface area contributed by atoms with Crippen LogP contribution in [0.15, 0.2) is 54.0 Å². The van der Waals surface area contributed by atoms with Crippen LogP contribution in [0.5, 0.6) is 0 Å². The minimum absolute atomic E-state index is 0.105. The fourth-order valence-electron chi connectivity index (χ4n) is 4.92. The number of aromatic nitrogens is 2. The zero-order valence-electron chi connectivity index (χ0n) is 18.7. The molecule has 2 fully saturated rings. The summed E-state index contributed by atoms with van der Waals surface area (Å²) in [6.45, 7) is 6.48. The number of hydrogen-bond acceptors (Lipinski definition) is 5. The number of nitrogens with zero attached hydrogens (tertiary/aromatic N) is 5. The molecule has 1 atom stereocenters. The lowest BCUT2D eigenvalue weighted by Gasteiger charge is -2.42. The van der Waals surface area contributed by atoms with Gasteiger partial charge in [0, 0.05) is 45.0 Å². The molecule has 0 spiro atoms. The number of likely N-dealkylation sites (tertiary alicyclic amines) is 1. The Balaban J connectivity index is 1.31. The third-order valence-corrected chi connectivity index (χ3v) is 7.53. The number of piperazine rings is 1. The van der Waals surface area contributed by atoms with Crippen LogP contribution in [0.4, 0.5) is 0 Å². The average Bonchev–Trinajstić information content (AvgIpc) is 3.49. The first-order chi connectivity index (χ1) is 15.7.